The van der Waals surface area contributed by atoms with Crippen LogP contribution in [0.25, 0.3) is 139 Å². The largest absolute Gasteiger partial charge is 0.506 e. The van der Waals surface area contributed by atoms with Crippen molar-refractivity contribution < 1.29 is 5.11 Å². The van der Waals surface area contributed by atoms with Gasteiger partial charge in [-0.2, -0.15) is 8.75 Å². The minimum Gasteiger partial charge on any atom is -0.506 e. The van der Waals surface area contributed by atoms with Crippen molar-refractivity contribution in [3.63, 3.8) is 0 Å². The molecule has 0 aliphatic heterocycles. The number of hydrogen-bond donors (Lipinski definition) is 1. The van der Waals surface area contributed by atoms with Crippen LogP contribution in [0, 0.1) is 0 Å². The van der Waals surface area contributed by atoms with Gasteiger partial charge in [-0.3, -0.25) is 0 Å². The Morgan fingerprint density at radius 2 is 0.632 bits per heavy atom. The molecule has 117 heavy (non-hydrogen) atoms. The molecule has 6 nitrogen and oxygen atoms in total. The molecule has 7 heteroatoms. The molecule has 0 radical (unpaired) electrons. The maximum absolute atomic E-state index is 11.2. The molecule has 0 bridgehead atoms. The number of aromatic hydroxyl groups is 1. The molecule has 0 amide bonds. The van der Waals surface area contributed by atoms with Crippen molar-refractivity contribution >= 4 is 78.7 Å². The summed E-state index contributed by atoms with van der Waals surface area (Å²) in [6.45, 7) is 0. The molecule has 548 valence electrons. The Kier molecular flexibility index (Phi) is 15.8. The van der Waals surface area contributed by atoms with E-state index in [1.807, 2.05) is 42.5 Å². The van der Waals surface area contributed by atoms with E-state index in [0.717, 1.165) is 89.6 Å². The lowest BCUT2D eigenvalue weighted by Crippen LogP contribution is -2.25. The standard InChI is InChI=1S/C110H71N5OS/c116-106-39-21-20-38-104(106)113(80-24-6-2-7-25-80)82-56-58-83(59-57-82)114(81-26-8-3-9-27-81)105-65-62-86(108-109(105)112-117-111-108)75-48-54-84(55-49-75)115-102-63-52-77(71-42-40-70(41-43-71)76-50-60-88-87-29-11-13-34-94(87)107(97(88)68-76)93-33-12-10-28-85(93)74-22-4-1-5-23-74)66-95(102)96-67-78(53-64-103(96)115)72-44-46-73(47-45-72)79-51-61-92-91-32-16-19-37-100(91)110(101(92)69-79)98-35-17-14-30-89(98)90-31-15-18-36-99(90)110/h1-69,107,116H. The minimum absolute atomic E-state index is 0.0917. The fourth-order valence-corrected chi connectivity index (χ4v) is 20.0. The quantitative estimate of drug-likeness (QED) is 0.118. The van der Waals surface area contributed by atoms with Gasteiger partial charge < -0.3 is 19.5 Å². The highest BCUT2D eigenvalue weighted by Crippen LogP contribution is 2.63. The van der Waals surface area contributed by atoms with Gasteiger partial charge in [-0.05, 0) is 255 Å². The summed E-state index contributed by atoms with van der Waals surface area (Å²) in [5.41, 5.74) is 41.0. The number of phenols is 1. The van der Waals surface area contributed by atoms with Gasteiger partial charge in [-0.25, -0.2) is 0 Å². The van der Waals surface area contributed by atoms with Crippen LogP contribution in [-0.2, 0) is 5.41 Å². The highest BCUT2D eigenvalue weighted by Gasteiger charge is 2.51. The second-order valence-electron chi connectivity index (χ2n) is 30.9. The molecule has 18 aromatic carbocycles. The van der Waals surface area contributed by atoms with E-state index >= 15 is 0 Å². The summed E-state index contributed by atoms with van der Waals surface area (Å²) in [5, 5.41) is 13.5. The van der Waals surface area contributed by atoms with Crippen LogP contribution in [0.15, 0.2) is 419 Å². The molecule has 0 fully saturated rings. The number of para-hydroxylation sites is 4. The maximum atomic E-state index is 11.2. The first-order valence-corrected chi connectivity index (χ1v) is 40.7. The van der Waals surface area contributed by atoms with Crippen LogP contribution in [0.2, 0.25) is 0 Å². The number of rotatable bonds is 14. The highest BCUT2D eigenvalue weighted by molar-refractivity contribution is 7.00. The Bertz CT molecular complexity index is 7250. The second-order valence-corrected chi connectivity index (χ2v) is 31.4. The molecule has 2 aromatic heterocycles. The molecular weight excluding hydrogens is 1440 g/mol. The predicted molar refractivity (Wildman–Crippen MR) is 485 cm³/mol. The van der Waals surface area contributed by atoms with Gasteiger partial charge >= 0.3 is 0 Å². The lowest BCUT2D eigenvalue weighted by atomic mass is 9.70. The third-order valence-corrected chi connectivity index (χ3v) is 25.3. The first kappa shape index (κ1) is 67.7. The van der Waals surface area contributed by atoms with E-state index < -0.39 is 5.41 Å². The Balaban J connectivity index is 0.605. The zero-order valence-corrected chi connectivity index (χ0v) is 64.3. The summed E-state index contributed by atoms with van der Waals surface area (Å²) in [6, 6.07) is 153. The second kappa shape index (κ2) is 27.4. The van der Waals surface area contributed by atoms with Crippen LogP contribution in [0.4, 0.5) is 34.1 Å². The number of nitrogens with zero attached hydrogens (tertiary/aromatic N) is 5. The van der Waals surface area contributed by atoms with E-state index in [0.29, 0.717) is 5.69 Å². The normalized spacial score (nSPS) is 13.1. The predicted octanol–water partition coefficient (Wildman–Crippen LogP) is 28.9. The summed E-state index contributed by atoms with van der Waals surface area (Å²) in [7, 11) is 0. The van der Waals surface area contributed by atoms with E-state index in [-0.39, 0.29) is 11.7 Å². The van der Waals surface area contributed by atoms with Crippen LogP contribution in [0.1, 0.15) is 44.9 Å². The van der Waals surface area contributed by atoms with Gasteiger partial charge in [0.1, 0.15) is 16.8 Å². The summed E-state index contributed by atoms with van der Waals surface area (Å²) in [5.74, 6) is 0.288. The zero-order chi connectivity index (χ0) is 77.2. The van der Waals surface area contributed by atoms with Gasteiger partial charge in [0.05, 0.1) is 39.6 Å². The lowest BCUT2D eigenvalue weighted by molar-refractivity contribution is 0.476. The van der Waals surface area contributed by atoms with Crippen molar-refractivity contribution in [2.24, 2.45) is 0 Å². The SMILES string of the molecule is Oc1ccccc1N(c1ccccc1)c1ccc(N(c2ccccc2)c2ccc(-c3ccc(-n4c5ccc(-c6ccc(-c7ccc8c(c7)C(c7ccccc7-c7ccccc7)c7ccccc7-8)cc6)cc5c5cc(-c6ccc(-c7ccc8c(c7)C7(c9ccccc9-c9ccccc97)c7ccccc7-8)cc6)ccc54)cc3)c3nsnc23)cc1. The number of anilines is 6. The minimum atomic E-state index is -0.417. The third-order valence-electron chi connectivity index (χ3n) is 24.7. The fraction of sp³-hybridized carbons (Fsp3) is 0.0182. The molecule has 2 heterocycles. The van der Waals surface area contributed by atoms with E-state index in [4.69, 9.17) is 8.75 Å². The molecule has 3 aliphatic carbocycles. The molecule has 3 aliphatic rings. The lowest BCUT2D eigenvalue weighted by Gasteiger charge is -2.30. The monoisotopic (exact) mass is 1510 g/mol. The van der Waals surface area contributed by atoms with Crippen molar-refractivity contribution in [2.75, 3.05) is 9.80 Å². The Morgan fingerprint density at radius 3 is 1.19 bits per heavy atom. The third kappa shape index (κ3) is 10.8. The topological polar surface area (TPSA) is 57.4 Å². The van der Waals surface area contributed by atoms with Crippen LogP contribution in [0.5, 0.6) is 5.75 Å². The molecule has 1 N–H and O–H groups in total. The van der Waals surface area contributed by atoms with Gasteiger partial charge in [-0.1, -0.05) is 297 Å². The molecule has 1 unspecified atom stereocenters. The first-order chi connectivity index (χ1) is 57.9. The maximum Gasteiger partial charge on any atom is 0.139 e. The number of phenolic OH excluding ortho intramolecular Hbond substituents is 1. The van der Waals surface area contributed by atoms with E-state index in [1.54, 1.807) is 6.07 Å². The Hall–Kier alpha value is -15.0. The summed E-state index contributed by atoms with van der Waals surface area (Å²) in [6.07, 6.45) is 0. The number of hydrogen-bond acceptors (Lipinski definition) is 6. The van der Waals surface area contributed by atoms with Gasteiger partial charge in [-0.15, -0.1) is 0 Å². The van der Waals surface area contributed by atoms with Crippen molar-refractivity contribution in [1.82, 2.24) is 13.3 Å². The molecule has 1 spiro atoms. The van der Waals surface area contributed by atoms with Crippen molar-refractivity contribution in [2.45, 2.75) is 11.3 Å². The zero-order valence-electron chi connectivity index (χ0n) is 63.5. The number of benzene rings is 18. The van der Waals surface area contributed by atoms with Gasteiger partial charge in [0.2, 0.25) is 0 Å². The van der Waals surface area contributed by atoms with Gasteiger partial charge in [0, 0.05) is 50.7 Å². The first-order valence-electron chi connectivity index (χ1n) is 40.0. The van der Waals surface area contributed by atoms with E-state index in [2.05, 4.69) is 384 Å². The van der Waals surface area contributed by atoms with Gasteiger partial charge in [0.25, 0.3) is 0 Å². The molecular formula is C110H71N5OS. The number of aromatic nitrogens is 3. The van der Waals surface area contributed by atoms with Crippen molar-refractivity contribution in [1.29, 1.82) is 0 Å². The number of fused-ring (bicyclic) bond motifs is 17. The summed E-state index contributed by atoms with van der Waals surface area (Å²) < 4.78 is 12.6. The van der Waals surface area contributed by atoms with E-state index in [9.17, 15) is 5.11 Å². The van der Waals surface area contributed by atoms with Gasteiger partial charge in [0.15, 0.2) is 0 Å². The van der Waals surface area contributed by atoms with Crippen LogP contribution >= 0.6 is 11.7 Å². The highest BCUT2D eigenvalue weighted by atomic mass is 32.1. The summed E-state index contributed by atoms with van der Waals surface area (Å²) in [4.78, 5) is 4.33. The fourth-order valence-electron chi connectivity index (χ4n) is 19.5. The molecule has 23 rings (SSSR count). The Labute approximate surface area is 682 Å². The van der Waals surface area contributed by atoms with Crippen molar-refractivity contribution in [3.05, 3.63) is 458 Å². The smallest absolute Gasteiger partial charge is 0.139 e. The average molecular weight is 1510 g/mol. The molecule has 0 saturated carbocycles. The summed E-state index contributed by atoms with van der Waals surface area (Å²) >= 11 is 1.23. The van der Waals surface area contributed by atoms with Crippen LogP contribution < -0.4 is 9.80 Å². The molecule has 1 atom stereocenters. The molecule has 20 aromatic rings. The van der Waals surface area contributed by atoms with Crippen molar-refractivity contribution in [3.8, 4) is 112 Å². The van der Waals surface area contributed by atoms with Crippen LogP contribution in [-0.4, -0.2) is 18.4 Å². The average Bonchev–Trinajstić information content (AvgIpc) is 1.51. The van der Waals surface area contributed by atoms with Crippen LogP contribution in [0.3, 0.4) is 0 Å². The molecule has 0 saturated heterocycles. The Morgan fingerprint density at radius 1 is 0.256 bits per heavy atom. The van der Waals surface area contributed by atoms with E-state index in [1.165, 1.54) is 128 Å².